The fourth-order valence-corrected chi connectivity index (χ4v) is 1.46. The second-order valence-corrected chi connectivity index (χ2v) is 4.16. The number of ether oxygens (including phenoxy) is 2. The predicted molar refractivity (Wildman–Crippen MR) is 62.1 cm³/mol. The molecule has 0 aromatic carbocycles. The molecule has 1 rings (SSSR count). The van der Waals surface area contributed by atoms with Gasteiger partial charge in [0.25, 0.3) is 0 Å². The van der Waals surface area contributed by atoms with E-state index in [4.69, 9.17) is 9.47 Å². The highest BCUT2D eigenvalue weighted by Crippen LogP contribution is 2.29. The van der Waals surface area contributed by atoms with Gasteiger partial charge in [-0.05, 0) is 11.8 Å². The zero-order chi connectivity index (χ0) is 13.6. The fourth-order valence-electron chi connectivity index (χ4n) is 1.02. The number of anilines is 1. The quantitative estimate of drug-likeness (QED) is 0.807. The van der Waals surface area contributed by atoms with Gasteiger partial charge in [-0.2, -0.15) is 23.1 Å². The number of hydrogen-bond acceptors (Lipinski definition) is 6. The van der Waals surface area contributed by atoms with Gasteiger partial charge in [-0.15, -0.1) is 0 Å². The van der Waals surface area contributed by atoms with E-state index in [0.717, 1.165) is 0 Å². The minimum absolute atomic E-state index is 0.0838. The van der Waals surface area contributed by atoms with Crippen LogP contribution < -0.4 is 14.8 Å². The number of hydrogen-bond donors (Lipinski definition) is 1. The van der Waals surface area contributed by atoms with E-state index < -0.39 is 5.51 Å². The van der Waals surface area contributed by atoms with Crippen LogP contribution in [0.2, 0.25) is 0 Å². The molecule has 0 unspecified atom stereocenters. The lowest BCUT2D eigenvalue weighted by atomic mass is 10.6. The van der Waals surface area contributed by atoms with Crippen LogP contribution in [0.15, 0.2) is 6.07 Å². The van der Waals surface area contributed by atoms with Crippen molar-refractivity contribution in [1.82, 2.24) is 9.97 Å². The van der Waals surface area contributed by atoms with Gasteiger partial charge in [0.1, 0.15) is 0 Å². The first-order valence-corrected chi connectivity index (χ1v) is 5.85. The lowest BCUT2D eigenvalue weighted by molar-refractivity contribution is -0.0327. The summed E-state index contributed by atoms with van der Waals surface area (Å²) in [6.07, 6.45) is 0. The monoisotopic (exact) mass is 283 g/mol. The molecule has 1 heterocycles. The highest BCUT2D eigenvalue weighted by atomic mass is 32.2. The van der Waals surface area contributed by atoms with Gasteiger partial charge in [-0.1, -0.05) is 0 Å². The van der Waals surface area contributed by atoms with Crippen LogP contribution >= 0.6 is 11.8 Å². The highest BCUT2D eigenvalue weighted by molar-refractivity contribution is 8.00. The molecule has 0 aliphatic rings. The van der Waals surface area contributed by atoms with E-state index in [1.54, 1.807) is 0 Å². The van der Waals surface area contributed by atoms with E-state index in [-0.39, 0.29) is 41.8 Å². The number of alkyl halides is 3. The van der Waals surface area contributed by atoms with Crippen molar-refractivity contribution in [1.29, 1.82) is 0 Å². The third kappa shape index (κ3) is 5.30. The van der Waals surface area contributed by atoms with Gasteiger partial charge < -0.3 is 14.8 Å². The maximum Gasteiger partial charge on any atom is 0.441 e. The fraction of sp³-hybridized carbons (Fsp3) is 0.556. The summed E-state index contributed by atoms with van der Waals surface area (Å²) in [5.41, 5.74) is -4.23. The lowest BCUT2D eigenvalue weighted by Gasteiger charge is -2.09. The number of methoxy groups -OCH3 is 2. The van der Waals surface area contributed by atoms with Crippen molar-refractivity contribution in [2.45, 2.75) is 5.51 Å². The van der Waals surface area contributed by atoms with Crippen molar-refractivity contribution in [3.05, 3.63) is 6.07 Å². The Balaban J connectivity index is 2.51. The molecule has 0 radical (unpaired) electrons. The summed E-state index contributed by atoms with van der Waals surface area (Å²) < 4.78 is 45.5. The van der Waals surface area contributed by atoms with E-state index in [1.807, 2.05) is 0 Å². The van der Waals surface area contributed by atoms with Crippen LogP contribution in [-0.4, -0.2) is 42.0 Å². The number of nitrogens with one attached hydrogen (secondary N) is 1. The Kier molecular flexibility index (Phi) is 5.32. The molecule has 0 saturated carbocycles. The van der Waals surface area contributed by atoms with Gasteiger partial charge in [0.2, 0.25) is 17.7 Å². The molecule has 9 heteroatoms. The van der Waals surface area contributed by atoms with E-state index in [0.29, 0.717) is 0 Å². The normalized spacial score (nSPS) is 11.2. The average Bonchev–Trinajstić information content (AvgIpc) is 2.33. The molecule has 18 heavy (non-hydrogen) atoms. The number of aromatic nitrogens is 2. The van der Waals surface area contributed by atoms with Crippen molar-refractivity contribution in [2.75, 3.05) is 31.8 Å². The minimum Gasteiger partial charge on any atom is -0.481 e. The minimum atomic E-state index is -4.23. The molecule has 0 spiro atoms. The Bertz CT molecular complexity index is 368. The van der Waals surface area contributed by atoms with Gasteiger partial charge in [-0.3, -0.25) is 0 Å². The third-order valence-electron chi connectivity index (χ3n) is 1.75. The van der Waals surface area contributed by atoms with Crippen LogP contribution in [0.3, 0.4) is 0 Å². The van der Waals surface area contributed by atoms with Crippen molar-refractivity contribution in [2.24, 2.45) is 0 Å². The zero-order valence-corrected chi connectivity index (χ0v) is 10.6. The zero-order valence-electron chi connectivity index (χ0n) is 9.74. The van der Waals surface area contributed by atoms with E-state index >= 15 is 0 Å². The van der Waals surface area contributed by atoms with Crippen LogP contribution in [0.1, 0.15) is 0 Å². The molecular formula is C9H12F3N3O2S. The van der Waals surface area contributed by atoms with Crippen molar-refractivity contribution in [3.8, 4) is 11.8 Å². The Morgan fingerprint density at radius 2 is 1.78 bits per heavy atom. The van der Waals surface area contributed by atoms with Gasteiger partial charge in [0.05, 0.1) is 20.3 Å². The lowest BCUT2D eigenvalue weighted by Crippen LogP contribution is -2.11. The molecule has 0 bridgehead atoms. The Hall–Kier alpha value is -1.38. The summed E-state index contributed by atoms with van der Waals surface area (Å²) in [6, 6.07) is 1.47. The van der Waals surface area contributed by atoms with Crippen LogP contribution in [-0.2, 0) is 0 Å². The summed E-state index contributed by atoms with van der Waals surface area (Å²) in [7, 11) is 2.84. The Morgan fingerprint density at radius 3 is 2.22 bits per heavy atom. The maximum atomic E-state index is 11.9. The molecule has 0 atom stereocenters. The maximum absolute atomic E-state index is 11.9. The van der Waals surface area contributed by atoms with Crippen molar-refractivity contribution < 1.29 is 22.6 Å². The van der Waals surface area contributed by atoms with Crippen LogP contribution in [0.5, 0.6) is 11.8 Å². The molecule has 0 saturated heterocycles. The van der Waals surface area contributed by atoms with Gasteiger partial charge in [-0.25, -0.2) is 0 Å². The van der Waals surface area contributed by atoms with Crippen LogP contribution in [0.25, 0.3) is 0 Å². The number of rotatable bonds is 6. The molecule has 1 aromatic heterocycles. The van der Waals surface area contributed by atoms with Crippen LogP contribution in [0, 0.1) is 0 Å². The SMILES string of the molecule is COc1cc(OC)nc(NCCSC(F)(F)F)n1. The molecule has 0 aliphatic carbocycles. The molecule has 0 fully saturated rings. The van der Waals surface area contributed by atoms with Crippen molar-refractivity contribution >= 4 is 17.7 Å². The van der Waals surface area contributed by atoms with E-state index in [2.05, 4.69) is 15.3 Å². The number of thioether (sulfide) groups is 1. The Labute approximate surface area is 106 Å². The standard InChI is InChI=1S/C9H12F3N3O2S/c1-16-6-5-7(17-2)15-8(14-6)13-3-4-18-9(10,11)12/h5H,3-4H2,1-2H3,(H,13,14,15). The highest BCUT2D eigenvalue weighted by Gasteiger charge is 2.27. The number of nitrogens with zero attached hydrogens (tertiary/aromatic N) is 2. The van der Waals surface area contributed by atoms with Gasteiger partial charge in [0, 0.05) is 12.3 Å². The first-order valence-electron chi connectivity index (χ1n) is 4.86. The average molecular weight is 283 g/mol. The topological polar surface area (TPSA) is 56.3 Å². The van der Waals surface area contributed by atoms with E-state index in [9.17, 15) is 13.2 Å². The second kappa shape index (κ2) is 6.53. The first kappa shape index (κ1) is 14.7. The van der Waals surface area contributed by atoms with Gasteiger partial charge >= 0.3 is 5.51 Å². The molecule has 1 aromatic rings. The summed E-state index contributed by atoms with van der Waals surface area (Å²) in [4.78, 5) is 7.84. The molecular weight excluding hydrogens is 271 g/mol. The Morgan fingerprint density at radius 1 is 1.22 bits per heavy atom. The molecule has 102 valence electrons. The number of halogens is 3. The largest absolute Gasteiger partial charge is 0.481 e. The summed E-state index contributed by atoms with van der Waals surface area (Å²) in [5, 5.41) is 2.66. The molecule has 1 N–H and O–H groups in total. The smallest absolute Gasteiger partial charge is 0.441 e. The molecule has 5 nitrogen and oxygen atoms in total. The third-order valence-corrected chi connectivity index (χ3v) is 2.48. The van der Waals surface area contributed by atoms with E-state index in [1.165, 1.54) is 20.3 Å². The van der Waals surface area contributed by atoms with Gasteiger partial charge in [0.15, 0.2) is 0 Å². The van der Waals surface area contributed by atoms with Crippen molar-refractivity contribution in [3.63, 3.8) is 0 Å². The van der Waals surface area contributed by atoms with Crippen LogP contribution in [0.4, 0.5) is 19.1 Å². The summed E-state index contributed by atoms with van der Waals surface area (Å²) in [5.74, 6) is 0.571. The molecule has 0 amide bonds. The molecule has 0 aliphatic heterocycles. The summed E-state index contributed by atoms with van der Waals surface area (Å²) in [6.45, 7) is 0.0838. The summed E-state index contributed by atoms with van der Waals surface area (Å²) >= 11 is -0.108. The first-order chi connectivity index (χ1) is 8.44. The predicted octanol–water partition coefficient (Wildman–Crippen LogP) is 2.16. The second-order valence-electron chi connectivity index (χ2n) is 3.00.